The highest BCUT2D eigenvalue weighted by atomic mass is 16.6. The predicted molar refractivity (Wildman–Crippen MR) is 165 cm³/mol. The Hall–Kier alpha value is -3.88. The zero-order chi connectivity index (χ0) is 32.1. The number of carbonyl (C=O) groups excluding carboxylic acids is 4. The molecule has 9 nitrogen and oxygen atoms in total. The largest absolute Gasteiger partial charge is 0.458 e. The van der Waals surface area contributed by atoms with Crippen molar-refractivity contribution in [1.29, 1.82) is 0 Å². The zero-order valence-corrected chi connectivity index (χ0v) is 26.9. The van der Waals surface area contributed by atoms with E-state index in [4.69, 9.17) is 9.47 Å². The minimum absolute atomic E-state index is 0.195. The van der Waals surface area contributed by atoms with Gasteiger partial charge < -0.3 is 25.0 Å². The second-order valence-corrected chi connectivity index (χ2v) is 13.3. The summed E-state index contributed by atoms with van der Waals surface area (Å²) in [4.78, 5) is 56.0. The van der Waals surface area contributed by atoms with Gasteiger partial charge in [0, 0.05) is 12.5 Å². The van der Waals surface area contributed by atoms with Crippen molar-refractivity contribution >= 4 is 23.9 Å². The first-order chi connectivity index (χ1) is 20.0. The van der Waals surface area contributed by atoms with Gasteiger partial charge in [0.05, 0.1) is 0 Å². The smallest absolute Gasteiger partial charge is 0.408 e. The Balaban J connectivity index is 2.01. The molecule has 0 aromatic heterocycles. The van der Waals surface area contributed by atoms with Gasteiger partial charge in [0.2, 0.25) is 11.8 Å². The van der Waals surface area contributed by atoms with Crippen LogP contribution in [-0.2, 0) is 30.3 Å². The summed E-state index contributed by atoms with van der Waals surface area (Å²) < 4.78 is 11.1. The molecule has 9 heteroatoms. The van der Waals surface area contributed by atoms with Crippen molar-refractivity contribution in [2.24, 2.45) is 0 Å². The first-order valence-corrected chi connectivity index (χ1v) is 14.9. The summed E-state index contributed by atoms with van der Waals surface area (Å²) in [5.41, 5.74) is 1.71. The van der Waals surface area contributed by atoms with Crippen molar-refractivity contribution in [3.05, 3.63) is 70.8 Å². The van der Waals surface area contributed by atoms with Crippen LogP contribution in [0.4, 0.5) is 4.79 Å². The highest BCUT2D eigenvalue weighted by Gasteiger charge is 2.45. The number of alkyl carbamates (subject to hydrolysis) is 1. The van der Waals surface area contributed by atoms with Gasteiger partial charge in [-0.3, -0.25) is 9.59 Å². The lowest BCUT2D eigenvalue weighted by molar-refractivity contribution is -0.159. The summed E-state index contributed by atoms with van der Waals surface area (Å²) in [5.74, 6) is -1.46. The summed E-state index contributed by atoms with van der Waals surface area (Å²) in [6, 6.07) is 11.9. The van der Waals surface area contributed by atoms with Gasteiger partial charge in [0.15, 0.2) is 0 Å². The molecule has 0 radical (unpaired) electrons. The lowest BCUT2D eigenvalue weighted by atomic mass is 9.93. The number of nitrogens with zero attached hydrogens (tertiary/aromatic N) is 1. The predicted octanol–water partition coefficient (Wildman–Crippen LogP) is 5.32. The molecule has 0 bridgehead atoms. The molecule has 0 saturated heterocycles. The van der Waals surface area contributed by atoms with E-state index in [0.29, 0.717) is 5.56 Å². The van der Waals surface area contributed by atoms with Crippen LogP contribution >= 0.6 is 0 Å². The monoisotopic (exact) mass is 593 g/mol. The summed E-state index contributed by atoms with van der Waals surface area (Å²) in [7, 11) is 0. The number of aryl methyl sites for hydroxylation is 2. The summed E-state index contributed by atoms with van der Waals surface area (Å²) in [6.07, 6.45) is 0.942. The Bertz CT molecular complexity index is 1290. The number of benzene rings is 2. The molecular formula is C34H47N3O6. The average Bonchev–Trinajstić information content (AvgIpc) is 3.71. The van der Waals surface area contributed by atoms with Crippen LogP contribution < -0.4 is 10.6 Å². The number of ether oxygens (including phenoxy) is 2. The van der Waals surface area contributed by atoms with Crippen LogP contribution in [0.1, 0.15) is 89.6 Å². The van der Waals surface area contributed by atoms with E-state index in [1.54, 1.807) is 53.4 Å². The highest BCUT2D eigenvalue weighted by molar-refractivity contribution is 5.94. The molecule has 3 amide bonds. The van der Waals surface area contributed by atoms with Gasteiger partial charge >= 0.3 is 12.1 Å². The van der Waals surface area contributed by atoms with Gasteiger partial charge in [-0.2, -0.15) is 0 Å². The molecular weight excluding hydrogens is 546 g/mol. The number of hydrogen-bond donors (Lipinski definition) is 2. The molecule has 0 heterocycles. The van der Waals surface area contributed by atoms with Gasteiger partial charge in [-0.1, -0.05) is 48.5 Å². The molecule has 0 aliphatic heterocycles. The molecule has 3 unspecified atom stereocenters. The standard InChI is InChI=1S/C34H47N3O6/c1-21-14-13-15-22(2)27(21)28(37(25-18-19-25)30(39)23(3)35-32(41)43-34(7,8)9)29(38)36-26(31(40)42-33(4,5)6)20-24-16-11-10-12-17-24/h10-17,23,25-26,28H,18-20H2,1-9H3,(H,35,41)(H,36,38). The molecule has 0 spiro atoms. The van der Waals surface area contributed by atoms with Gasteiger partial charge in [0.25, 0.3) is 0 Å². The van der Waals surface area contributed by atoms with Gasteiger partial charge in [0.1, 0.15) is 29.3 Å². The topological polar surface area (TPSA) is 114 Å². The van der Waals surface area contributed by atoms with E-state index in [0.717, 1.165) is 29.5 Å². The summed E-state index contributed by atoms with van der Waals surface area (Å²) in [6.45, 7) is 15.9. The average molecular weight is 594 g/mol. The lowest BCUT2D eigenvalue weighted by Gasteiger charge is -2.36. The number of rotatable bonds is 10. The van der Waals surface area contributed by atoms with Crippen molar-refractivity contribution < 1.29 is 28.7 Å². The molecule has 3 atom stereocenters. The van der Waals surface area contributed by atoms with Crippen molar-refractivity contribution in [1.82, 2.24) is 15.5 Å². The van der Waals surface area contributed by atoms with Crippen LogP contribution in [0.5, 0.6) is 0 Å². The molecule has 1 fully saturated rings. The normalized spacial score (nSPS) is 15.5. The van der Waals surface area contributed by atoms with Crippen molar-refractivity contribution in [3.63, 3.8) is 0 Å². The fourth-order valence-electron chi connectivity index (χ4n) is 4.96. The quantitative estimate of drug-likeness (QED) is 0.361. The maximum Gasteiger partial charge on any atom is 0.408 e. The van der Waals surface area contributed by atoms with Crippen LogP contribution in [0.3, 0.4) is 0 Å². The molecule has 2 N–H and O–H groups in total. The van der Waals surface area contributed by atoms with Crippen molar-refractivity contribution in [2.75, 3.05) is 0 Å². The number of esters is 1. The SMILES string of the molecule is Cc1cccc(C)c1C(C(=O)NC(Cc1ccccc1)C(=O)OC(C)(C)C)N(C(=O)C(C)NC(=O)OC(C)(C)C)C1CC1. The minimum atomic E-state index is -1.04. The third-order valence-electron chi connectivity index (χ3n) is 6.93. The third kappa shape index (κ3) is 9.83. The molecule has 1 aliphatic rings. The first kappa shape index (κ1) is 33.6. The second kappa shape index (κ2) is 13.6. The maximum atomic E-state index is 14.4. The van der Waals surface area contributed by atoms with Gasteiger partial charge in [-0.15, -0.1) is 0 Å². The molecule has 3 rings (SSSR count). The zero-order valence-electron chi connectivity index (χ0n) is 26.9. The summed E-state index contributed by atoms with van der Waals surface area (Å²) in [5, 5.41) is 5.58. The first-order valence-electron chi connectivity index (χ1n) is 14.9. The molecule has 43 heavy (non-hydrogen) atoms. The fraction of sp³-hybridized carbons (Fsp3) is 0.529. The Labute approximate surface area is 255 Å². The van der Waals surface area contributed by atoms with Crippen LogP contribution in [0, 0.1) is 13.8 Å². The van der Waals surface area contributed by atoms with Crippen LogP contribution in [-0.4, -0.2) is 58.1 Å². The van der Waals surface area contributed by atoms with E-state index < -0.39 is 53.2 Å². The molecule has 2 aromatic carbocycles. The third-order valence-corrected chi connectivity index (χ3v) is 6.93. The number of amides is 3. The van der Waals surface area contributed by atoms with E-state index in [1.165, 1.54) is 0 Å². The van der Waals surface area contributed by atoms with Crippen LogP contribution in [0.2, 0.25) is 0 Å². The minimum Gasteiger partial charge on any atom is -0.458 e. The second-order valence-electron chi connectivity index (χ2n) is 13.3. The Kier molecular flexibility index (Phi) is 10.6. The van der Waals surface area contributed by atoms with E-state index in [2.05, 4.69) is 10.6 Å². The molecule has 1 saturated carbocycles. The fourth-order valence-corrected chi connectivity index (χ4v) is 4.96. The maximum absolute atomic E-state index is 14.4. The van der Waals surface area contributed by atoms with Gasteiger partial charge in [-0.25, -0.2) is 9.59 Å². The van der Waals surface area contributed by atoms with E-state index in [-0.39, 0.29) is 12.5 Å². The summed E-state index contributed by atoms with van der Waals surface area (Å²) >= 11 is 0. The molecule has 234 valence electrons. The van der Waals surface area contributed by atoms with Crippen LogP contribution in [0.15, 0.2) is 48.5 Å². The van der Waals surface area contributed by atoms with Crippen molar-refractivity contribution in [2.45, 2.75) is 117 Å². The Morgan fingerprint density at radius 3 is 1.91 bits per heavy atom. The number of nitrogens with one attached hydrogen (secondary N) is 2. The van der Waals surface area contributed by atoms with Crippen molar-refractivity contribution in [3.8, 4) is 0 Å². The molecule has 1 aliphatic carbocycles. The molecule has 2 aromatic rings. The van der Waals surface area contributed by atoms with E-state index >= 15 is 0 Å². The van der Waals surface area contributed by atoms with Gasteiger partial charge in [-0.05, 0) is 97.4 Å². The van der Waals surface area contributed by atoms with E-state index in [9.17, 15) is 19.2 Å². The Morgan fingerprint density at radius 2 is 1.40 bits per heavy atom. The number of carbonyl (C=O) groups is 4. The van der Waals surface area contributed by atoms with E-state index in [1.807, 2.05) is 62.4 Å². The van der Waals surface area contributed by atoms with Crippen LogP contribution in [0.25, 0.3) is 0 Å². The lowest BCUT2D eigenvalue weighted by Crippen LogP contribution is -2.55. The number of hydrogen-bond acceptors (Lipinski definition) is 6. The Morgan fingerprint density at radius 1 is 0.837 bits per heavy atom. The highest BCUT2D eigenvalue weighted by Crippen LogP contribution is 2.38.